The van der Waals surface area contributed by atoms with Crippen molar-refractivity contribution < 1.29 is 10.0 Å². The highest BCUT2D eigenvalue weighted by molar-refractivity contribution is 7.04. The second-order valence-electron chi connectivity index (χ2n) is 6.15. The SMILES string of the molecule is Cc1nnc(N)c2ccc(-c3cc(B(O)O)ccc3Nc3cnsc3)cc12. The summed E-state index contributed by atoms with van der Waals surface area (Å²) in [5.41, 5.74) is 10.5. The summed E-state index contributed by atoms with van der Waals surface area (Å²) in [5.74, 6) is 0.379. The highest BCUT2D eigenvalue weighted by atomic mass is 32.1. The van der Waals surface area contributed by atoms with Gasteiger partial charge in [0, 0.05) is 27.4 Å². The number of nitrogens with one attached hydrogen (secondary N) is 1. The summed E-state index contributed by atoms with van der Waals surface area (Å²) in [6.07, 6.45) is 1.74. The number of hydrogen-bond donors (Lipinski definition) is 4. The summed E-state index contributed by atoms with van der Waals surface area (Å²) in [6, 6.07) is 11.1. The molecule has 0 aliphatic carbocycles. The topological polar surface area (TPSA) is 117 Å². The molecule has 0 spiro atoms. The minimum atomic E-state index is -1.55. The molecule has 0 bridgehead atoms. The van der Waals surface area contributed by atoms with Crippen molar-refractivity contribution in [3.63, 3.8) is 0 Å². The van der Waals surface area contributed by atoms with E-state index in [1.165, 1.54) is 11.5 Å². The van der Waals surface area contributed by atoms with E-state index in [-0.39, 0.29) is 0 Å². The maximum atomic E-state index is 9.59. The number of benzene rings is 2. The first-order valence-electron chi connectivity index (χ1n) is 8.22. The van der Waals surface area contributed by atoms with Crippen LogP contribution in [0.4, 0.5) is 17.2 Å². The van der Waals surface area contributed by atoms with Gasteiger partial charge in [0.15, 0.2) is 5.82 Å². The van der Waals surface area contributed by atoms with Gasteiger partial charge in [0.05, 0.1) is 17.6 Å². The van der Waals surface area contributed by atoms with Gasteiger partial charge >= 0.3 is 7.12 Å². The smallest absolute Gasteiger partial charge is 0.423 e. The van der Waals surface area contributed by atoms with E-state index in [1.807, 2.05) is 36.6 Å². The molecule has 0 amide bonds. The molecule has 134 valence electrons. The summed E-state index contributed by atoms with van der Waals surface area (Å²) in [4.78, 5) is 0. The molecule has 0 atom stereocenters. The van der Waals surface area contributed by atoms with E-state index in [2.05, 4.69) is 19.9 Å². The molecule has 7 nitrogen and oxygen atoms in total. The van der Waals surface area contributed by atoms with Crippen LogP contribution in [0.25, 0.3) is 21.9 Å². The van der Waals surface area contributed by atoms with Gasteiger partial charge in [-0.1, -0.05) is 18.2 Å². The molecular weight excluding hydrogens is 361 g/mol. The summed E-state index contributed by atoms with van der Waals surface area (Å²) < 4.78 is 4.10. The summed E-state index contributed by atoms with van der Waals surface area (Å²) in [5, 5.41) is 34.2. The van der Waals surface area contributed by atoms with Gasteiger partial charge in [-0.25, -0.2) is 0 Å². The van der Waals surface area contributed by atoms with Crippen molar-refractivity contribution in [3.8, 4) is 11.1 Å². The lowest BCUT2D eigenvalue weighted by Gasteiger charge is -2.14. The fourth-order valence-corrected chi connectivity index (χ4v) is 3.43. The number of nitrogens with two attached hydrogens (primary N) is 1. The zero-order valence-corrected chi connectivity index (χ0v) is 15.2. The lowest BCUT2D eigenvalue weighted by atomic mass is 9.78. The van der Waals surface area contributed by atoms with Crippen molar-refractivity contribution in [2.45, 2.75) is 6.92 Å². The molecule has 0 aliphatic rings. The molecule has 4 aromatic rings. The lowest BCUT2D eigenvalue weighted by Crippen LogP contribution is -2.29. The summed E-state index contributed by atoms with van der Waals surface area (Å²) in [7, 11) is -1.55. The van der Waals surface area contributed by atoms with Gasteiger partial charge in [0.1, 0.15) is 0 Å². The fourth-order valence-electron chi connectivity index (χ4n) is 2.96. The predicted octanol–water partition coefficient (Wildman–Crippen LogP) is 2.07. The number of fused-ring (bicyclic) bond motifs is 1. The van der Waals surface area contributed by atoms with Crippen molar-refractivity contribution in [2.24, 2.45) is 0 Å². The molecule has 2 aromatic carbocycles. The Hall–Kier alpha value is -3.01. The number of rotatable bonds is 4. The Morgan fingerprint density at radius 2 is 1.93 bits per heavy atom. The Morgan fingerprint density at radius 3 is 2.67 bits per heavy atom. The summed E-state index contributed by atoms with van der Waals surface area (Å²) >= 11 is 1.35. The van der Waals surface area contributed by atoms with E-state index in [0.717, 1.165) is 39.0 Å². The average molecular weight is 377 g/mol. The Balaban J connectivity index is 1.89. The minimum absolute atomic E-state index is 0.379. The van der Waals surface area contributed by atoms with E-state index in [4.69, 9.17) is 5.73 Å². The number of hydrogen-bond acceptors (Lipinski definition) is 8. The molecule has 5 N–H and O–H groups in total. The molecule has 9 heteroatoms. The van der Waals surface area contributed by atoms with Crippen LogP contribution >= 0.6 is 11.5 Å². The van der Waals surface area contributed by atoms with Crippen molar-refractivity contribution in [3.05, 3.63) is 53.7 Å². The van der Waals surface area contributed by atoms with Gasteiger partial charge in [-0.3, -0.25) is 0 Å². The zero-order chi connectivity index (χ0) is 19.0. The van der Waals surface area contributed by atoms with Crippen LogP contribution in [0.15, 0.2) is 48.0 Å². The maximum Gasteiger partial charge on any atom is 0.488 e. The lowest BCUT2D eigenvalue weighted by molar-refractivity contribution is 0.426. The highest BCUT2D eigenvalue weighted by Gasteiger charge is 2.16. The van der Waals surface area contributed by atoms with Crippen LogP contribution in [0, 0.1) is 6.92 Å². The fraction of sp³-hybridized carbons (Fsp3) is 0.0556. The van der Waals surface area contributed by atoms with Crippen molar-refractivity contribution in [2.75, 3.05) is 11.1 Å². The monoisotopic (exact) mass is 377 g/mol. The van der Waals surface area contributed by atoms with E-state index in [1.54, 1.807) is 18.3 Å². The third-order valence-corrected chi connectivity index (χ3v) is 4.94. The van der Waals surface area contributed by atoms with Gasteiger partial charge in [0.2, 0.25) is 0 Å². The number of aromatic nitrogens is 3. The first-order chi connectivity index (χ1) is 13.0. The predicted molar refractivity (Wildman–Crippen MR) is 109 cm³/mol. The second kappa shape index (κ2) is 6.95. The Morgan fingerprint density at radius 1 is 1.07 bits per heavy atom. The van der Waals surface area contributed by atoms with Gasteiger partial charge in [0.25, 0.3) is 0 Å². The van der Waals surface area contributed by atoms with Crippen LogP contribution < -0.4 is 16.5 Å². The Bertz CT molecular complexity index is 1120. The van der Waals surface area contributed by atoms with Gasteiger partial charge in [-0.2, -0.15) is 9.47 Å². The molecule has 2 aromatic heterocycles. The highest BCUT2D eigenvalue weighted by Crippen LogP contribution is 2.33. The standard InChI is InChI=1S/C18H16BN5O2S/c1-10-15-6-11(2-4-14(15)18(20)24-23-10)16-7-12(19(25)26)3-5-17(16)22-13-8-21-27-9-13/h2-9,22,25-26H,1H3,(H2,20,24). The van der Waals surface area contributed by atoms with Crippen LogP contribution in [-0.4, -0.2) is 31.7 Å². The van der Waals surface area contributed by atoms with E-state index in [9.17, 15) is 10.0 Å². The van der Waals surface area contributed by atoms with Gasteiger partial charge < -0.3 is 21.1 Å². The molecule has 0 unspecified atom stereocenters. The van der Waals surface area contributed by atoms with Crippen LogP contribution in [0.2, 0.25) is 0 Å². The largest absolute Gasteiger partial charge is 0.488 e. The quantitative estimate of drug-likeness (QED) is 0.402. The third kappa shape index (κ3) is 3.35. The Kier molecular flexibility index (Phi) is 4.48. The van der Waals surface area contributed by atoms with Crippen molar-refractivity contribution >= 4 is 52.1 Å². The van der Waals surface area contributed by atoms with Crippen LogP contribution in [0.3, 0.4) is 0 Å². The minimum Gasteiger partial charge on any atom is -0.423 e. The number of aryl methyl sites for hydroxylation is 1. The normalized spacial score (nSPS) is 10.9. The van der Waals surface area contributed by atoms with E-state index >= 15 is 0 Å². The third-order valence-electron chi connectivity index (χ3n) is 4.36. The number of nitrogens with zero attached hydrogens (tertiary/aromatic N) is 3. The van der Waals surface area contributed by atoms with E-state index < -0.39 is 7.12 Å². The summed E-state index contributed by atoms with van der Waals surface area (Å²) in [6.45, 7) is 1.88. The van der Waals surface area contributed by atoms with Gasteiger partial charge in [-0.05, 0) is 47.7 Å². The molecule has 0 radical (unpaired) electrons. The van der Waals surface area contributed by atoms with Crippen molar-refractivity contribution in [1.29, 1.82) is 0 Å². The molecule has 0 saturated carbocycles. The van der Waals surface area contributed by atoms with Crippen LogP contribution in [0.5, 0.6) is 0 Å². The molecule has 0 saturated heterocycles. The first kappa shape index (κ1) is 17.4. The Labute approximate surface area is 159 Å². The zero-order valence-electron chi connectivity index (χ0n) is 14.4. The molecule has 0 aliphatic heterocycles. The second-order valence-corrected chi connectivity index (χ2v) is 6.81. The number of nitrogen functional groups attached to an aromatic ring is 1. The van der Waals surface area contributed by atoms with Crippen LogP contribution in [0.1, 0.15) is 5.69 Å². The molecule has 2 heterocycles. The number of anilines is 3. The molecule has 0 fully saturated rings. The van der Waals surface area contributed by atoms with Gasteiger partial charge in [-0.15, -0.1) is 5.10 Å². The van der Waals surface area contributed by atoms with E-state index in [0.29, 0.717) is 11.3 Å². The molecule has 27 heavy (non-hydrogen) atoms. The maximum absolute atomic E-state index is 9.59. The van der Waals surface area contributed by atoms with Crippen LogP contribution in [-0.2, 0) is 0 Å². The average Bonchev–Trinajstić information content (AvgIpc) is 3.18. The van der Waals surface area contributed by atoms with Crippen molar-refractivity contribution in [1.82, 2.24) is 14.6 Å². The molecular formula is C18H16BN5O2S. The first-order valence-corrected chi connectivity index (χ1v) is 9.06. The molecule has 4 rings (SSSR count).